The number of carboxylic acids is 1. The van der Waals surface area contributed by atoms with Crippen molar-refractivity contribution >= 4 is 5.97 Å². The van der Waals surface area contributed by atoms with Crippen LogP contribution in [0.3, 0.4) is 0 Å². The highest BCUT2D eigenvalue weighted by Gasteiger charge is 2.45. The zero-order valence-corrected chi connectivity index (χ0v) is 14.5. The zero-order chi connectivity index (χ0) is 18.5. The fraction of sp³-hybridized carbons (Fsp3) is 0.450. The maximum Gasteiger partial charge on any atom is 0.303 e. The molecule has 0 aromatic heterocycles. The number of carbonyl (C=O) groups is 1. The smallest absolute Gasteiger partial charge is 0.303 e. The van der Waals surface area contributed by atoms with Crippen LogP contribution < -0.4 is 5.48 Å². The van der Waals surface area contributed by atoms with Gasteiger partial charge in [-0.15, -0.1) is 0 Å². The summed E-state index contributed by atoms with van der Waals surface area (Å²) in [4.78, 5) is 15.8. The molecule has 0 heterocycles. The maximum atomic E-state index is 10.5. The second kappa shape index (κ2) is 8.49. The number of nitrogens with one attached hydrogen (secondary N) is 1. The summed E-state index contributed by atoms with van der Waals surface area (Å²) in [5.74, 6) is -0.700. The Labute approximate surface area is 152 Å². The molecule has 4 N–H and O–H groups in total. The van der Waals surface area contributed by atoms with Gasteiger partial charge in [-0.2, -0.15) is 0 Å². The molecular weight excluding hydrogens is 334 g/mol. The minimum atomic E-state index is -0.828. The van der Waals surface area contributed by atoms with Gasteiger partial charge in [0, 0.05) is 24.0 Å². The van der Waals surface area contributed by atoms with Gasteiger partial charge in [0.05, 0.1) is 18.8 Å². The number of aliphatic carboxylic acids is 1. The molecule has 1 saturated carbocycles. The van der Waals surface area contributed by atoms with E-state index in [0.717, 1.165) is 24.1 Å². The van der Waals surface area contributed by atoms with Crippen LogP contribution >= 0.6 is 0 Å². The van der Waals surface area contributed by atoms with E-state index in [-0.39, 0.29) is 18.3 Å². The molecule has 3 rings (SSSR count). The topological polar surface area (TPSA) is 99.0 Å². The average molecular weight is 359 g/mol. The fourth-order valence-electron chi connectivity index (χ4n) is 3.57. The van der Waals surface area contributed by atoms with E-state index in [0.29, 0.717) is 13.0 Å². The Morgan fingerprint density at radius 1 is 1.31 bits per heavy atom. The molecule has 6 heteroatoms. The highest BCUT2D eigenvalue weighted by molar-refractivity contribution is 5.66. The van der Waals surface area contributed by atoms with Gasteiger partial charge in [-0.05, 0) is 30.4 Å². The third-order valence-corrected chi connectivity index (χ3v) is 5.08. The first-order valence-electron chi connectivity index (χ1n) is 8.97. The molecule has 1 aromatic carbocycles. The summed E-state index contributed by atoms with van der Waals surface area (Å²) in [6.07, 6.45) is 4.55. The van der Waals surface area contributed by atoms with E-state index in [9.17, 15) is 15.0 Å². The van der Waals surface area contributed by atoms with Gasteiger partial charge in [0.1, 0.15) is 0 Å². The van der Waals surface area contributed by atoms with E-state index in [1.54, 1.807) is 6.08 Å². The number of benzene rings is 1. The second-order valence-corrected chi connectivity index (χ2v) is 6.86. The lowest BCUT2D eigenvalue weighted by Crippen LogP contribution is -2.32. The number of hydrogen-bond acceptors (Lipinski definition) is 5. The van der Waals surface area contributed by atoms with Gasteiger partial charge in [-0.1, -0.05) is 42.5 Å². The Morgan fingerprint density at radius 3 is 2.81 bits per heavy atom. The molecule has 3 unspecified atom stereocenters. The van der Waals surface area contributed by atoms with Crippen molar-refractivity contribution in [3.05, 3.63) is 59.3 Å². The summed E-state index contributed by atoms with van der Waals surface area (Å²) >= 11 is 0. The van der Waals surface area contributed by atoms with E-state index in [1.165, 1.54) is 5.57 Å². The molecule has 0 amide bonds. The monoisotopic (exact) mass is 359 g/mol. The summed E-state index contributed by atoms with van der Waals surface area (Å²) in [6.45, 7) is 0.336. The van der Waals surface area contributed by atoms with E-state index < -0.39 is 18.2 Å². The Hall–Kier alpha value is -2.15. The van der Waals surface area contributed by atoms with Crippen LogP contribution in [0, 0.1) is 11.8 Å². The van der Waals surface area contributed by atoms with Gasteiger partial charge in [0.2, 0.25) is 0 Å². The van der Waals surface area contributed by atoms with E-state index >= 15 is 0 Å². The number of hydrogen-bond donors (Lipinski definition) is 4. The molecule has 2 aliphatic rings. The minimum absolute atomic E-state index is 0.0142. The summed E-state index contributed by atoms with van der Waals surface area (Å²) in [7, 11) is 0. The van der Waals surface area contributed by atoms with E-state index in [1.807, 2.05) is 36.4 Å². The predicted octanol–water partition coefficient (Wildman–Crippen LogP) is 2.32. The Bertz CT molecular complexity index is 685. The van der Waals surface area contributed by atoms with Crippen molar-refractivity contribution in [2.45, 2.75) is 37.9 Å². The van der Waals surface area contributed by atoms with Gasteiger partial charge < -0.3 is 15.3 Å². The predicted molar refractivity (Wildman–Crippen MR) is 95.7 cm³/mol. The lowest BCUT2D eigenvalue weighted by molar-refractivity contribution is -0.137. The number of hydroxylamine groups is 1. The van der Waals surface area contributed by atoms with Crippen molar-refractivity contribution < 1.29 is 25.0 Å². The molecule has 1 aromatic rings. The van der Waals surface area contributed by atoms with Crippen LogP contribution in [0.15, 0.2) is 53.8 Å². The quantitative estimate of drug-likeness (QED) is 0.307. The highest BCUT2D eigenvalue weighted by atomic mass is 16.6. The molecule has 0 spiro atoms. The SMILES string of the molecule is O=C(O)CCCONC1=C2CC(C=CC(O)c3ccccc3)C(O)[C@@H]2C1. The van der Waals surface area contributed by atoms with Crippen molar-refractivity contribution in [3.63, 3.8) is 0 Å². The second-order valence-electron chi connectivity index (χ2n) is 6.86. The van der Waals surface area contributed by atoms with Crippen LogP contribution in [0.25, 0.3) is 0 Å². The van der Waals surface area contributed by atoms with Crippen LogP contribution in [-0.2, 0) is 9.63 Å². The number of carboxylic acid groups (broad SMARTS) is 1. The number of aliphatic hydroxyl groups is 2. The van der Waals surface area contributed by atoms with Crippen LogP contribution in [0.5, 0.6) is 0 Å². The molecule has 0 bridgehead atoms. The van der Waals surface area contributed by atoms with Crippen molar-refractivity contribution in [3.8, 4) is 0 Å². The molecule has 0 saturated heterocycles. The zero-order valence-electron chi connectivity index (χ0n) is 14.5. The van der Waals surface area contributed by atoms with Crippen molar-refractivity contribution in [2.24, 2.45) is 11.8 Å². The van der Waals surface area contributed by atoms with Gasteiger partial charge in [0.15, 0.2) is 0 Å². The molecule has 2 aliphatic carbocycles. The lowest BCUT2D eigenvalue weighted by atomic mass is 9.83. The average Bonchev–Trinajstić information content (AvgIpc) is 2.87. The van der Waals surface area contributed by atoms with Gasteiger partial charge in [-0.25, -0.2) is 0 Å². The van der Waals surface area contributed by atoms with E-state index in [2.05, 4.69) is 5.48 Å². The first-order valence-corrected chi connectivity index (χ1v) is 8.97. The Balaban J connectivity index is 1.49. The first-order chi connectivity index (χ1) is 12.6. The summed E-state index contributed by atoms with van der Waals surface area (Å²) in [5.41, 5.74) is 5.88. The Kier molecular flexibility index (Phi) is 6.08. The third-order valence-electron chi connectivity index (χ3n) is 5.08. The van der Waals surface area contributed by atoms with Crippen LogP contribution in [0.1, 0.15) is 37.4 Å². The number of aliphatic hydroxyl groups excluding tert-OH is 2. The first kappa shape index (κ1) is 18.6. The summed E-state index contributed by atoms with van der Waals surface area (Å²) < 4.78 is 0. The molecule has 4 atom stereocenters. The van der Waals surface area contributed by atoms with Crippen molar-refractivity contribution in [1.82, 2.24) is 5.48 Å². The number of rotatable bonds is 9. The van der Waals surface area contributed by atoms with E-state index in [4.69, 9.17) is 9.94 Å². The van der Waals surface area contributed by atoms with Crippen LogP contribution in [0.4, 0.5) is 0 Å². The van der Waals surface area contributed by atoms with Crippen molar-refractivity contribution in [2.75, 3.05) is 6.61 Å². The molecule has 140 valence electrons. The lowest BCUT2D eigenvalue weighted by Gasteiger charge is -2.30. The molecular formula is C20H25NO5. The molecule has 26 heavy (non-hydrogen) atoms. The third kappa shape index (κ3) is 4.33. The molecule has 6 nitrogen and oxygen atoms in total. The fourth-order valence-corrected chi connectivity index (χ4v) is 3.57. The largest absolute Gasteiger partial charge is 0.481 e. The number of allylic oxidation sites excluding steroid dienone is 1. The van der Waals surface area contributed by atoms with Crippen molar-refractivity contribution in [1.29, 1.82) is 0 Å². The van der Waals surface area contributed by atoms with Gasteiger partial charge in [0.25, 0.3) is 0 Å². The van der Waals surface area contributed by atoms with Crippen LogP contribution in [0.2, 0.25) is 0 Å². The molecule has 0 aliphatic heterocycles. The summed E-state index contributed by atoms with van der Waals surface area (Å²) in [5, 5.41) is 29.3. The standard InChI is InChI=1S/C20H25NO5/c22-18(13-5-2-1-3-6-13)9-8-14-11-15-16(20(14)25)12-17(15)21-26-10-4-7-19(23)24/h1-3,5-6,8-9,14,16,18,20-22,25H,4,7,10-12H2,(H,23,24)/t14?,16-,18?,20?/m1/s1. The molecule has 1 fully saturated rings. The number of fused-ring (bicyclic) bond motifs is 1. The van der Waals surface area contributed by atoms with Crippen LogP contribution in [-0.4, -0.2) is 34.0 Å². The van der Waals surface area contributed by atoms with Gasteiger partial charge >= 0.3 is 5.97 Å². The minimum Gasteiger partial charge on any atom is -0.481 e. The molecule has 0 radical (unpaired) electrons. The summed E-state index contributed by atoms with van der Waals surface area (Å²) in [6, 6.07) is 9.42. The van der Waals surface area contributed by atoms with Gasteiger partial charge in [-0.3, -0.25) is 15.1 Å². The highest BCUT2D eigenvalue weighted by Crippen LogP contribution is 2.48. The Morgan fingerprint density at radius 2 is 2.08 bits per heavy atom. The normalized spacial score (nSPS) is 25.8. The maximum absolute atomic E-state index is 10.5.